The zero-order valence-corrected chi connectivity index (χ0v) is 9.69. The van der Waals surface area contributed by atoms with Crippen molar-refractivity contribution in [2.75, 3.05) is 14.1 Å². The van der Waals surface area contributed by atoms with Crippen LogP contribution in [0.15, 0.2) is 23.6 Å². The molecule has 0 aliphatic carbocycles. The van der Waals surface area contributed by atoms with E-state index in [1.165, 1.54) is 21.2 Å². The predicted molar refractivity (Wildman–Crippen MR) is 64.0 cm³/mol. The van der Waals surface area contributed by atoms with Crippen LogP contribution in [-0.4, -0.2) is 19.0 Å². The van der Waals surface area contributed by atoms with Crippen LogP contribution in [0.4, 0.5) is 0 Å². The minimum Gasteiger partial charge on any atom is -0.305 e. The summed E-state index contributed by atoms with van der Waals surface area (Å²) >= 11 is 1.84. The van der Waals surface area contributed by atoms with Gasteiger partial charge in [0.05, 0.1) is 0 Å². The molecule has 1 heterocycles. The van der Waals surface area contributed by atoms with Gasteiger partial charge in [-0.25, -0.2) is 0 Å². The van der Waals surface area contributed by atoms with Gasteiger partial charge in [0.25, 0.3) is 0 Å². The van der Waals surface area contributed by atoms with E-state index in [1.54, 1.807) is 0 Å². The van der Waals surface area contributed by atoms with Crippen LogP contribution in [0.5, 0.6) is 0 Å². The van der Waals surface area contributed by atoms with Crippen molar-refractivity contribution in [1.82, 2.24) is 4.90 Å². The van der Waals surface area contributed by atoms with E-state index in [-0.39, 0.29) is 0 Å². The fraction of sp³-hybridized carbons (Fsp3) is 0.333. The number of benzene rings is 1. The summed E-state index contributed by atoms with van der Waals surface area (Å²) in [4.78, 5) is 2.22. The van der Waals surface area contributed by atoms with E-state index in [0.29, 0.717) is 0 Å². The number of nitrogens with zero attached hydrogens (tertiary/aromatic N) is 1. The SMILES string of the molecule is Cc1cccc2scc(CN(C)C)c12. The average molecular weight is 205 g/mol. The van der Waals surface area contributed by atoms with Crippen molar-refractivity contribution in [3.8, 4) is 0 Å². The molecule has 0 bridgehead atoms. The van der Waals surface area contributed by atoms with Crippen molar-refractivity contribution in [2.24, 2.45) is 0 Å². The van der Waals surface area contributed by atoms with Crippen molar-refractivity contribution >= 4 is 21.4 Å². The molecule has 74 valence electrons. The molecule has 14 heavy (non-hydrogen) atoms. The Labute approximate surface area is 89.0 Å². The maximum Gasteiger partial charge on any atom is 0.0348 e. The molecule has 0 N–H and O–H groups in total. The average Bonchev–Trinajstić information content (AvgIpc) is 2.49. The van der Waals surface area contributed by atoms with Gasteiger partial charge in [-0.1, -0.05) is 12.1 Å². The fourth-order valence-electron chi connectivity index (χ4n) is 1.80. The van der Waals surface area contributed by atoms with Gasteiger partial charge in [0.15, 0.2) is 0 Å². The van der Waals surface area contributed by atoms with Crippen LogP contribution in [0.25, 0.3) is 10.1 Å². The molecule has 0 unspecified atom stereocenters. The van der Waals surface area contributed by atoms with Crippen LogP contribution in [0.2, 0.25) is 0 Å². The topological polar surface area (TPSA) is 3.24 Å². The summed E-state index contributed by atoms with van der Waals surface area (Å²) in [5, 5.41) is 3.73. The molecule has 2 rings (SSSR count). The second-order valence-electron chi connectivity index (χ2n) is 3.95. The minimum absolute atomic E-state index is 1.03. The Morgan fingerprint density at radius 2 is 2.07 bits per heavy atom. The molecule has 2 aromatic rings. The van der Waals surface area contributed by atoms with Crippen molar-refractivity contribution in [2.45, 2.75) is 13.5 Å². The van der Waals surface area contributed by atoms with Gasteiger partial charge in [-0.2, -0.15) is 0 Å². The van der Waals surface area contributed by atoms with E-state index in [9.17, 15) is 0 Å². The smallest absolute Gasteiger partial charge is 0.0348 e. The van der Waals surface area contributed by atoms with E-state index < -0.39 is 0 Å². The Balaban J connectivity index is 2.55. The summed E-state index contributed by atoms with van der Waals surface area (Å²) in [5.74, 6) is 0. The van der Waals surface area contributed by atoms with Gasteiger partial charge < -0.3 is 4.90 Å². The second-order valence-corrected chi connectivity index (χ2v) is 4.86. The Bertz CT molecular complexity index is 443. The molecular formula is C12H15NS. The maximum absolute atomic E-state index is 2.28. The molecule has 0 atom stereocenters. The molecule has 1 nitrogen and oxygen atoms in total. The molecule has 0 aliphatic heterocycles. The lowest BCUT2D eigenvalue weighted by atomic mass is 10.1. The number of thiophene rings is 1. The van der Waals surface area contributed by atoms with Crippen LogP contribution in [0.1, 0.15) is 11.1 Å². The van der Waals surface area contributed by atoms with Crippen molar-refractivity contribution in [1.29, 1.82) is 0 Å². The molecule has 0 fully saturated rings. The van der Waals surface area contributed by atoms with Crippen molar-refractivity contribution < 1.29 is 0 Å². The monoisotopic (exact) mass is 205 g/mol. The Hall–Kier alpha value is -0.860. The van der Waals surface area contributed by atoms with Gasteiger partial charge in [-0.15, -0.1) is 11.3 Å². The van der Waals surface area contributed by atoms with E-state index in [0.717, 1.165) is 6.54 Å². The first-order chi connectivity index (χ1) is 6.68. The lowest BCUT2D eigenvalue weighted by Crippen LogP contribution is -2.10. The quantitative estimate of drug-likeness (QED) is 0.727. The van der Waals surface area contributed by atoms with Gasteiger partial charge in [0, 0.05) is 11.2 Å². The normalized spacial score (nSPS) is 11.4. The highest BCUT2D eigenvalue weighted by Gasteiger charge is 2.06. The summed E-state index contributed by atoms with van der Waals surface area (Å²) in [6.45, 7) is 3.22. The summed E-state index contributed by atoms with van der Waals surface area (Å²) < 4.78 is 1.40. The lowest BCUT2D eigenvalue weighted by molar-refractivity contribution is 0.404. The van der Waals surface area contributed by atoms with E-state index >= 15 is 0 Å². The summed E-state index contributed by atoms with van der Waals surface area (Å²) in [6.07, 6.45) is 0. The first kappa shape index (κ1) is 9.69. The molecule has 2 heteroatoms. The molecule has 0 saturated heterocycles. The number of aryl methyl sites for hydroxylation is 1. The Morgan fingerprint density at radius 1 is 1.29 bits per heavy atom. The van der Waals surface area contributed by atoms with Gasteiger partial charge in [0.2, 0.25) is 0 Å². The molecule has 1 aromatic heterocycles. The maximum atomic E-state index is 2.28. The molecular weight excluding hydrogens is 190 g/mol. The molecule has 1 aromatic carbocycles. The van der Waals surface area contributed by atoms with Crippen LogP contribution in [0, 0.1) is 6.92 Å². The molecule has 0 amide bonds. The molecule has 0 spiro atoms. The predicted octanol–water partition coefficient (Wildman–Crippen LogP) is 3.27. The largest absolute Gasteiger partial charge is 0.305 e. The zero-order chi connectivity index (χ0) is 10.1. The molecule has 0 aliphatic rings. The minimum atomic E-state index is 1.03. The zero-order valence-electron chi connectivity index (χ0n) is 8.87. The van der Waals surface area contributed by atoms with E-state index in [4.69, 9.17) is 0 Å². The Morgan fingerprint density at radius 3 is 2.79 bits per heavy atom. The number of hydrogen-bond acceptors (Lipinski definition) is 2. The van der Waals surface area contributed by atoms with Crippen LogP contribution < -0.4 is 0 Å². The molecule has 0 saturated carbocycles. The standard InChI is InChI=1S/C12H15NS/c1-9-5-4-6-11-12(9)10(8-14-11)7-13(2)3/h4-6,8H,7H2,1-3H3. The fourth-order valence-corrected chi connectivity index (χ4v) is 2.83. The van der Waals surface area contributed by atoms with E-state index in [2.05, 4.69) is 49.5 Å². The van der Waals surface area contributed by atoms with Gasteiger partial charge in [-0.3, -0.25) is 0 Å². The number of fused-ring (bicyclic) bond motifs is 1. The second kappa shape index (κ2) is 3.71. The van der Waals surface area contributed by atoms with Crippen LogP contribution in [0.3, 0.4) is 0 Å². The first-order valence-corrected chi connectivity index (χ1v) is 5.67. The van der Waals surface area contributed by atoms with Crippen LogP contribution >= 0.6 is 11.3 Å². The highest BCUT2D eigenvalue weighted by atomic mass is 32.1. The van der Waals surface area contributed by atoms with Crippen LogP contribution in [-0.2, 0) is 6.54 Å². The number of hydrogen-bond donors (Lipinski definition) is 0. The third-order valence-corrected chi connectivity index (χ3v) is 3.37. The van der Waals surface area contributed by atoms with Gasteiger partial charge in [0.1, 0.15) is 0 Å². The van der Waals surface area contributed by atoms with Gasteiger partial charge >= 0.3 is 0 Å². The highest BCUT2D eigenvalue weighted by molar-refractivity contribution is 7.17. The highest BCUT2D eigenvalue weighted by Crippen LogP contribution is 2.29. The summed E-state index contributed by atoms with van der Waals surface area (Å²) in [6, 6.07) is 6.52. The third-order valence-electron chi connectivity index (χ3n) is 2.37. The molecule has 0 radical (unpaired) electrons. The third kappa shape index (κ3) is 1.68. The van der Waals surface area contributed by atoms with Crippen molar-refractivity contribution in [3.63, 3.8) is 0 Å². The summed E-state index contributed by atoms with van der Waals surface area (Å²) in [7, 11) is 4.23. The number of rotatable bonds is 2. The van der Waals surface area contributed by atoms with Gasteiger partial charge in [-0.05, 0) is 49.0 Å². The summed E-state index contributed by atoms with van der Waals surface area (Å²) in [5.41, 5.74) is 2.84. The first-order valence-electron chi connectivity index (χ1n) is 4.79. The van der Waals surface area contributed by atoms with E-state index in [1.807, 2.05) is 11.3 Å². The Kier molecular flexibility index (Phi) is 2.57. The lowest BCUT2D eigenvalue weighted by Gasteiger charge is -2.09. The van der Waals surface area contributed by atoms with Crippen molar-refractivity contribution in [3.05, 3.63) is 34.7 Å².